The first-order valence-corrected chi connectivity index (χ1v) is 6.56. The van der Waals surface area contributed by atoms with Gasteiger partial charge in [-0.15, -0.1) is 0 Å². The maximum absolute atomic E-state index is 4.57. The van der Waals surface area contributed by atoms with Crippen molar-refractivity contribution < 1.29 is 0 Å². The lowest BCUT2D eigenvalue weighted by Crippen LogP contribution is -1.92. The third kappa shape index (κ3) is 1.31. The van der Waals surface area contributed by atoms with Gasteiger partial charge in [-0.1, -0.05) is 28.1 Å². The van der Waals surface area contributed by atoms with Crippen molar-refractivity contribution >= 4 is 38.7 Å². The Kier molecular flexibility index (Phi) is 2.00. The van der Waals surface area contributed by atoms with Crippen LogP contribution in [0.5, 0.6) is 0 Å². The summed E-state index contributed by atoms with van der Waals surface area (Å²) in [6.07, 6.45) is 4.05. The second-order valence-electron chi connectivity index (χ2n) is 4.37. The van der Waals surface area contributed by atoms with E-state index in [-0.39, 0.29) is 0 Å². The Morgan fingerprint density at radius 2 is 1.94 bits per heavy atom. The second kappa shape index (κ2) is 3.56. The number of fused-ring (bicyclic) bond motifs is 2. The molecule has 0 N–H and O–H groups in total. The van der Waals surface area contributed by atoms with Gasteiger partial charge in [0.1, 0.15) is 0 Å². The topological polar surface area (TPSA) is 17.3 Å². The number of hydrogen-bond acceptors (Lipinski definition) is 1. The fraction of sp³-hybridized carbons (Fsp3) is 0. The Morgan fingerprint density at radius 3 is 2.89 bits per heavy atom. The van der Waals surface area contributed by atoms with E-state index in [4.69, 9.17) is 0 Å². The zero-order valence-corrected chi connectivity index (χ0v) is 11.1. The van der Waals surface area contributed by atoms with Crippen molar-refractivity contribution in [3.8, 4) is 5.69 Å². The molecule has 0 amide bonds. The Morgan fingerprint density at radius 1 is 1.06 bits per heavy atom. The summed E-state index contributed by atoms with van der Waals surface area (Å²) in [6, 6.07) is 14.6. The molecule has 0 radical (unpaired) electrons. The molecule has 0 saturated carbocycles. The van der Waals surface area contributed by atoms with Crippen LogP contribution in [0, 0.1) is 0 Å². The molecule has 2 aromatic carbocycles. The van der Waals surface area contributed by atoms with Gasteiger partial charge in [0.05, 0.1) is 16.9 Å². The Labute approximate surface area is 113 Å². The minimum atomic E-state index is 1.00. The summed E-state index contributed by atoms with van der Waals surface area (Å²) in [4.78, 5) is 4.57. The molecule has 0 bridgehead atoms. The Balaban J connectivity index is 2.21. The highest BCUT2D eigenvalue weighted by Gasteiger charge is 2.13. The Bertz CT molecular complexity index is 799. The second-order valence-corrected chi connectivity index (χ2v) is 5.28. The molecule has 0 atom stereocenters. The SMILES string of the molecule is Brc1cc2c3c(ccn3-c3ccccc3N=C2)c1. The van der Waals surface area contributed by atoms with Crippen LogP contribution < -0.4 is 0 Å². The van der Waals surface area contributed by atoms with Crippen molar-refractivity contribution in [2.75, 3.05) is 0 Å². The third-order valence-corrected chi connectivity index (χ3v) is 3.72. The molecule has 18 heavy (non-hydrogen) atoms. The summed E-state index contributed by atoms with van der Waals surface area (Å²) in [6.45, 7) is 0. The summed E-state index contributed by atoms with van der Waals surface area (Å²) >= 11 is 3.55. The number of aromatic nitrogens is 1. The number of nitrogens with zero attached hydrogens (tertiary/aromatic N) is 2. The molecule has 0 unspecified atom stereocenters. The van der Waals surface area contributed by atoms with E-state index < -0.39 is 0 Å². The van der Waals surface area contributed by atoms with Gasteiger partial charge in [0.15, 0.2) is 0 Å². The number of benzene rings is 2. The van der Waals surface area contributed by atoms with Gasteiger partial charge >= 0.3 is 0 Å². The Hall–Kier alpha value is -1.87. The predicted octanol–water partition coefficient (Wildman–Crippen LogP) is 4.46. The molecule has 0 fully saturated rings. The zero-order valence-electron chi connectivity index (χ0n) is 9.47. The summed E-state index contributed by atoms with van der Waals surface area (Å²) in [7, 11) is 0. The number of halogens is 1. The van der Waals surface area contributed by atoms with Gasteiger partial charge in [-0.2, -0.15) is 0 Å². The van der Waals surface area contributed by atoms with E-state index >= 15 is 0 Å². The highest BCUT2D eigenvalue weighted by molar-refractivity contribution is 9.10. The van der Waals surface area contributed by atoms with Gasteiger partial charge in [0.25, 0.3) is 0 Å². The van der Waals surface area contributed by atoms with E-state index in [0.29, 0.717) is 0 Å². The smallest absolute Gasteiger partial charge is 0.0870 e. The van der Waals surface area contributed by atoms with Crippen LogP contribution in [-0.2, 0) is 0 Å². The summed E-state index contributed by atoms with van der Waals surface area (Å²) in [5, 5.41) is 1.22. The van der Waals surface area contributed by atoms with Crippen molar-refractivity contribution in [1.82, 2.24) is 4.57 Å². The number of hydrogen-bond donors (Lipinski definition) is 0. The van der Waals surface area contributed by atoms with Crippen LogP contribution in [0.1, 0.15) is 5.56 Å². The minimum absolute atomic E-state index is 1.00. The van der Waals surface area contributed by atoms with E-state index in [1.165, 1.54) is 10.9 Å². The van der Waals surface area contributed by atoms with Crippen molar-refractivity contribution in [2.24, 2.45) is 4.99 Å². The molecule has 2 nitrogen and oxygen atoms in total. The van der Waals surface area contributed by atoms with Crippen LogP contribution in [0.4, 0.5) is 5.69 Å². The van der Waals surface area contributed by atoms with Crippen LogP contribution in [-0.4, -0.2) is 10.8 Å². The van der Waals surface area contributed by atoms with E-state index in [1.54, 1.807) is 0 Å². The van der Waals surface area contributed by atoms with Crippen molar-refractivity contribution in [2.45, 2.75) is 0 Å². The molecule has 4 rings (SSSR count). The molecule has 1 aliphatic heterocycles. The molecule has 2 heterocycles. The summed E-state index contributed by atoms with van der Waals surface area (Å²) in [5.74, 6) is 0. The van der Waals surface area contributed by atoms with Gasteiger partial charge in [-0.25, -0.2) is 0 Å². The van der Waals surface area contributed by atoms with Gasteiger partial charge in [-0.05, 0) is 30.3 Å². The van der Waals surface area contributed by atoms with E-state index in [2.05, 4.69) is 56.0 Å². The lowest BCUT2D eigenvalue weighted by Gasteiger charge is -2.07. The average molecular weight is 297 g/mol. The molecular weight excluding hydrogens is 288 g/mol. The van der Waals surface area contributed by atoms with E-state index in [0.717, 1.165) is 21.4 Å². The first-order chi connectivity index (χ1) is 8.83. The average Bonchev–Trinajstić information content (AvgIpc) is 2.72. The predicted molar refractivity (Wildman–Crippen MR) is 78.2 cm³/mol. The molecule has 86 valence electrons. The molecular formula is C15H9BrN2. The molecule has 0 spiro atoms. The molecule has 1 aromatic heterocycles. The first kappa shape index (κ1) is 10.1. The van der Waals surface area contributed by atoms with Crippen LogP contribution in [0.25, 0.3) is 16.6 Å². The van der Waals surface area contributed by atoms with Gasteiger partial charge in [0, 0.05) is 27.8 Å². The van der Waals surface area contributed by atoms with Crippen molar-refractivity contribution in [3.63, 3.8) is 0 Å². The maximum Gasteiger partial charge on any atom is 0.0870 e. The number of para-hydroxylation sites is 2. The van der Waals surface area contributed by atoms with Gasteiger partial charge in [0.2, 0.25) is 0 Å². The fourth-order valence-corrected chi connectivity index (χ4v) is 2.99. The fourth-order valence-electron chi connectivity index (χ4n) is 2.49. The highest BCUT2D eigenvalue weighted by Crippen LogP contribution is 2.33. The molecule has 3 heteroatoms. The zero-order chi connectivity index (χ0) is 12.1. The molecule has 1 aliphatic rings. The van der Waals surface area contributed by atoms with Crippen LogP contribution in [0.3, 0.4) is 0 Å². The van der Waals surface area contributed by atoms with Gasteiger partial charge < -0.3 is 4.57 Å². The molecule has 0 aliphatic carbocycles. The minimum Gasteiger partial charge on any atom is -0.314 e. The molecule has 3 aromatic rings. The maximum atomic E-state index is 4.57. The van der Waals surface area contributed by atoms with Crippen molar-refractivity contribution in [3.05, 3.63) is 58.7 Å². The highest BCUT2D eigenvalue weighted by atomic mass is 79.9. The van der Waals surface area contributed by atoms with Crippen molar-refractivity contribution in [1.29, 1.82) is 0 Å². The number of aliphatic imine (C=N–C) groups is 1. The van der Waals surface area contributed by atoms with Crippen LogP contribution >= 0.6 is 15.9 Å². The molecule has 0 saturated heterocycles. The monoisotopic (exact) mass is 296 g/mol. The van der Waals surface area contributed by atoms with Crippen LogP contribution in [0.15, 0.2) is 58.1 Å². The van der Waals surface area contributed by atoms with E-state index in [1.807, 2.05) is 24.4 Å². The number of rotatable bonds is 0. The third-order valence-electron chi connectivity index (χ3n) is 3.26. The lowest BCUT2D eigenvalue weighted by molar-refractivity contribution is 1.13. The lowest BCUT2D eigenvalue weighted by atomic mass is 10.1. The van der Waals surface area contributed by atoms with Gasteiger partial charge in [-0.3, -0.25) is 4.99 Å². The normalized spacial score (nSPS) is 12.5. The standard InChI is InChI=1S/C15H9BrN2/c16-12-7-10-5-6-18-14-4-2-1-3-13(14)17-9-11(8-12)15(10)18/h1-9H. The van der Waals surface area contributed by atoms with E-state index in [9.17, 15) is 0 Å². The largest absolute Gasteiger partial charge is 0.314 e. The quantitative estimate of drug-likeness (QED) is 0.456. The summed E-state index contributed by atoms with van der Waals surface area (Å²) in [5.41, 5.74) is 4.49. The van der Waals surface area contributed by atoms with Crippen LogP contribution in [0.2, 0.25) is 0 Å². The first-order valence-electron chi connectivity index (χ1n) is 5.77. The summed E-state index contributed by atoms with van der Waals surface area (Å²) < 4.78 is 3.29.